The molecule has 0 heterocycles. The Labute approximate surface area is 184 Å². The maximum absolute atomic E-state index is 13.5. The Bertz CT molecular complexity index is 958. The summed E-state index contributed by atoms with van der Waals surface area (Å²) in [7, 11) is -3.74. The van der Waals surface area contributed by atoms with Crippen molar-refractivity contribution >= 4 is 56.6 Å². The van der Waals surface area contributed by atoms with Crippen LogP contribution in [0.1, 0.15) is 12.0 Å². The minimum atomic E-state index is -3.74. The summed E-state index contributed by atoms with van der Waals surface area (Å²) in [5.41, 5.74) is 0.793. The highest BCUT2D eigenvalue weighted by Crippen LogP contribution is 2.33. The number of nitrogens with one attached hydrogen (secondary N) is 1. The number of thioether (sulfide) groups is 1. The lowest BCUT2D eigenvalue weighted by Crippen LogP contribution is -2.40. The Morgan fingerprint density at radius 2 is 1.90 bits per heavy atom. The van der Waals surface area contributed by atoms with Crippen LogP contribution in [0, 0.1) is 5.82 Å². The van der Waals surface area contributed by atoms with Crippen LogP contribution in [0.2, 0.25) is 10.0 Å². The Balaban J connectivity index is 1.82. The largest absolute Gasteiger partial charge is 0.354 e. The molecule has 1 amide bonds. The quantitative estimate of drug-likeness (QED) is 0.515. The van der Waals surface area contributed by atoms with Crippen LogP contribution in [0.5, 0.6) is 0 Å². The second kappa shape index (κ2) is 11.1. The molecule has 0 atom stereocenters. The van der Waals surface area contributed by atoms with Gasteiger partial charge in [-0.3, -0.25) is 9.10 Å². The predicted molar refractivity (Wildman–Crippen MR) is 119 cm³/mol. The molecule has 0 aliphatic heterocycles. The summed E-state index contributed by atoms with van der Waals surface area (Å²) in [6, 6.07) is 11.2. The van der Waals surface area contributed by atoms with Crippen LogP contribution in [-0.4, -0.2) is 39.4 Å². The molecule has 29 heavy (non-hydrogen) atoms. The van der Waals surface area contributed by atoms with Gasteiger partial charge in [0.25, 0.3) is 0 Å². The summed E-state index contributed by atoms with van der Waals surface area (Å²) in [6.07, 6.45) is 1.67. The molecule has 158 valence electrons. The van der Waals surface area contributed by atoms with E-state index >= 15 is 0 Å². The highest BCUT2D eigenvalue weighted by Gasteiger charge is 2.23. The molecule has 1 N–H and O–H groups in total. The van der Waals surface area contributed by atoms with Gasteiger partial charge in [-0.25, -0.2) is 12.8 Å². The summed E-state index contributed by atoms with van der Waals surface area (Å²) >= 11 is 13.6. The zero-order valence-corrected chi connectivity index (χ0v) is 18.8. The van der Waals surface area contributed by atoms with Crippen molar-refractivity contribution in [3.05, 3.63) is 63.9 Å². The van der Waals surface area contributed by atoms with E-state index in [9.17, 15) is 17.6 Å². The number of nitrogens with zero attached hydrogens (tertiary/aromatic N) is 1. The number of anilines is 1. The minimum Gasteiger partial charge on any atom is -0.354 e. The minimum absolute atomic E-state index is 0.0666. The van der Waals surface area contributed by atoms with Crippen molar-refractivity contribution in [3.8, 4) is 0 Å². The van der Waals surface area contributed by atoms with Gasteiger partial charge in [-0.05, 0) is 35.9 Å². The molecule has 10 heteroatoms. The third kappa shape index (κ3) is 7.37. The molecule has 0 fully saturated rings. The molecule has 0 aliphatic carbocycles. The van der Waals surface area contributed by atoms with Crippen LogP contribution in [0.3, 0.4) is 0 Å². The van der Waals surface area contributed by atoms with Gasteiger partial charge in [0, 0.05) is 12.3 Å². The summed E-state index contributed by atoms with van der Waals surface area (Å²) in [4.78, 5) is 12.2. The molecule has 2 rings (SSSR count). The number of amides is 1. The van der Waals surface area contributed by atoms with E-state index in [1.807, 2.05) is 0 Å². The maximum Gasteiger partial charge on any atom is 0.240 e. The van der Waals surface area contributed by atoms with E-state index in [1.54, 1.807) is 36.0 Å². The molecule has 2 aromatic rings. The Kier molecular flexibility index (Phi) is 9.07. The smallest absolute Gasteiger partial charge is 0.240 e. The zero-order chi connectivity index (χ0) is 21.4. The van der Waals surface area contributed by atoms with E-state index in [1.165, 1.54) is 18.2 Å². The fourth-order valence-electron chi connectivity index (χ4n) is 2.45. The van der Waals surface area contributed by atoms with Crippen molar-refractivity contribution in [3.63, 3.8) is 0 Å². The summed E-state index contributed by atoms with van der Waals surface area (Å²) < 4.78 is 38.7. The van der Waals surface area contributed by atoms with Crippen molar-refractivity contribution < 1.29 is 17.6 Å². The van der Waals surface area contributed by atoms with E-state index in [0.717, 1.165) is 16.3 Å². The van der Waals surface area contributed by atoms with E-state index in [2.05, 4.69) is 5.32 Å². The van der Waals surface area contributed by atoms with Crippen LogP contribution in [0.4, 0.5) is 10.1 Å². The first kappa shape index (κ1) is 23.8. The van der Waals surface area contributed by atoms with Gasteiger partial charge in [-0.1, -0.05) is 47.5 Å². The molecule has 0 spiro atoms. The monoisotopic (exact) mass is 478 g/mol. The van der Waals surface area contributed by atoms with Gasteiger partial charge in [-0.15, -0.1) is 0 Å². The highest BCUT2D eigenvalue weighted by molar-refractivity contribution is 7.98. The fourth-order valence-corrected chi connectivity index (χ4v) is 4.71. The normalized spacial score (nSPS) is 11.3. The topological polar surface area (TPSA) is 66.5 Å². The van der Waals surface area contributed by atoms with Crippen LogP contribution in [0.25, 0.3) is 0 Å². The van der Waals surface area contributed by atoms with Crippen molar-refractivity contribution in [2.75, 3.05) is 29.4 Å². The number of benzene rings is 2. The average Bonchev–Trinajstić information content (AvgIpc) is 2.65. The third-order valence-corrected chi connectivity index (χ3v) is 6.92. The number of hydrogen-bond acceptors (Lipinski definition) is 4. The fraction of sp³-hybridized carbons (Fsp3) is 0.316. The number of carbonyl (C=O) groups is 1. The van der Waals surface area contributed by atoms with Gasteiger partial charge in [0.15, 0.2) is 0 Å². The van der Waals surface area contributed by atoms with Crippen molar-refractivity contribution in [2.24, 2.45) is 0 Å². The van der Waals surface area contributed by atoms with Crippen LogP contribution >= 0.6 is 35.0 Å². The van der Waals surface area contributed by atoms with Gasteiger partial charge in [-0.2, -0.15) is 11.8 Å². The molecule has 0 unspecified atom stereocenters. The number of hydrogen-bond donors (Lipinski definition) is 1. The molecule has 0 aliphatic rings. The van der Waals surface area contributed by atoms with E-state index in [-0.39, 0.29) is 21.5 Å². The van der Waals surface area contributed by atoms with Crippen LogP contribution in [0.15, 0.2) is 42.5 Å². The number of halogens is 3. The maximum atomic E-state index is 13.5. The first-order valence-corrected chi connectivity index (χ1v) is 12.5. The molecule has 0 bridgehead atoms. The summed E-state index contributed by atoms with van der Waals surface area (Å²) in [5.74, 6) is 0.597. The van der Waals surface area contributed by atoms with Crippen molar-refractivity contribution in [1.29, 1.82) is 0 Å². The first-order valence-electron chi connectivity index (χ1n) is 8.69. The lowest BCUT2D eigenvalue weighted by molar-refractivity contribution is -0.119. The molecule has 0 radical (unpaired) electrons. The first-order chi connectivity index (χ1) is 13.7. The Morgan fingerprint density at radius 1 is 1.17 bits per heavy atom. The molecule has 2 aromatic carbocycles. The van der Waals surface area contributed by atoms with Crippen molar-refractivity contribution in [2.45, 2.75) is 12.2 Å². The van der Waals surface area contributed by atoms with Gasteiger partial charge in [0.1, 0.15) is 12.4 Å². The number of rotatable bonds is 10. The van der Waals surface area contributed by atoms with Crippen molar-refractivity contribution in [1.82, 2.24) is 5.32 Å². The highest BCUT2D eigenvalue weighted by atomic mass is 35.5. The standard InChI is InChI=1S/C19H21Cl2FN2O3S2/c1-29(26,27)24(17-9-4-7-15(20)19(17)21)12-18(25)23-10-5-11-28-13-14-6-2-3-8-16(14)22/h2-4,6-9H,5,10-13H2,1H3,(H,23,25). The molecular weight excluding hydrogens is 458 g/mol. The molecule has 0 aromatic heterocycles. The average molecular weight is 479 g/mol. The number of carbonyl (C=O) groups excluding carboxylic acids is 1. The van der Waals surface area contributed by atoms with Crippen LogP contribution < -0.4 is 9.62 Å². The second-order valence-electron chi connectivity index (χ2n) is 6.19. The molecule has 5 nitrogen and oxygen atoms in total. The Hall–Kier alpha value is -1.48. The Morgan fingerprint density at radius 3 is 2.59 bits per heavy atom. The van der Waals surface area contributed by atoms with Gasteiger partial charge >= 0.3 is 0 Å². The molecular formula is C19H21Cl2FN2O3S2. The summed E-state index contributed by atoms with van der Waals surface area (Å²) in [6.45, 7) is -0.0226. The van der Waals surface area contributed by atoms with Gasteiger partial charge in [0.2, 0.25) is 15.9 Å². The lowest BCUT2D eigenvalue weighted by atomic mass is 10.2. The molecule has 0 saturated heterocycles. The zero-order valence-electron chi connectivity index (χ0n) is 15.7. The predicted octanol–water partition coefficient (Wildman–Crippen LogP) is 4.34. The SMILES string of the molecule is CS(=O)(=O)N(CC(=O)NCCCSCc1ccccc1F)c1cccc(Cl)c1Cl. The van der Waals surface area contributed by atoms with E-state index in [4.69, 9.17) is 23.2 Å². The van der Waals surface area contributed by atoms with Gasteiger partial charge in [0.05, 0.1) is 22.0 Å². The lowest BCUT2D eigenvalue weighted by Gasteiger charge is -2.23. The second-order valence-corrected chi connectivity index (χ2v) is 9.99. The third-order valence-electron chi connectivity index (χ3n) is 3.89. The van der Waals surface area contributed by atoms with Crippen LogP contribution in [-0.2, 0) is 20.6 Å². The van der Waals surface area contributed by atoms with Gasteiger partial charge < -0.3 is 5.32 Å². The number of sulfonamides is 1. The summed E-state index contributed by atoms with van der Waals surface area (Å²) in [5, 5.41) is 2.96. The van der Waals surface area contributed by atoms with E-state index < -0.39 is 22.5 Å². The van der Waals surface area contributed by atoms with E-state index in [0.29, 0.717) is 24.3 Å². The molecule has 0 saturated carbocycles.